The van der Waals surface area contributed by atoms with E-state index in [-0.39, 0.29) is 0 Å². The lowest BCUT2D eigenvalue weighted by Crippen LogP contribution is -2.45. The molecule has 2 rings (SSSR count). The predicted octanol–water partition coefficient (Wildman–Crippen LogP) is 3.96. The lowest BCUT2D eigenvalue weighted by molar-refractivity contribution is 0.239. The molecule has 0 radical (unpaired) electrons. The zero-order chi connectivity index (χ0) is 14.5. The number of piperidine rings is 1. The molecule has 0 amide bonds. The third kappa shape index (κ3) is 3.42. The van der Waals surface area contributed by atoms with Crippen LogP contribution in [-0.4, -0.2) is 29.7 Å². The van der Waals surface area contributed by atoms with Crippen molar-refractivity contribution in [2.45, 2.75) is 45.6 Å². The van der Waals surface area contributed by atoms with E-state index in [2.05, 4.69) is 30.1 Å². The summed E-state index contributed by atoms with van der Waals surface area (Å²) >= 11 is 5.61. The molecule has 4 heteroatoms. The molecule has 1 unspecified atom stereocenters. The molecule has 3 nitrogen and oxygen atoms in total. The molecule has 1 aromatic rings. The number of anilines is 1. The number of ether oxygens (including phenoxy) is 1. The van der Waals surface area contributed by atoms with Gasteiger partial charge in [0.15, 0.2) is 5.11 Å². The zero-order valence-electron chi connectivity index (χ0n) is 12.6. The van der Waals surface area contributed by atoms with Crippen LogP contribution in [0.15, 0.2) is 18.2 Å². The predicted molar refractivity (Wildman–Crippen MR) is 88.6 cm³/mol. The molecule has 1 N–H and O–H groups in total. The van der Waals surface area contributed by atoms with Crippen molar-refractivity contribution in [2.24, 2.45) is 0 Å². The fourth-order valence-corrected chi connectivity index (χ4v) is 3.15. The van der Waals surface area contributed by atoms with Gasteiger partial charge in [0.25, 0.3) is 0 Å². The summed E-state index contributed by atoms with van der Waals surface area (Å²) < 4.78 is 5.40. The Kier molecular flexibility index (Phi) is 5.24. The maximum atomic E-state index is 5.61. The molecule has 0 bridgehead atoms. The number of benzene rings is 1. The zero-order valence-corrected chi connectivity index (χ0v) is 13.4. The molecule has 1 atom stereocenters. The lowest BCUT2D eigenvalue weighted by atomic mass is 10.0. The van der Waals surface area contributed by atoms with Gasteiger partial charge in [0.2, 0.25) is 0 Å². The first-order valence-corrected chi connectivity index (χ1v) is 7.78. The molecule has 0 aromatic heterocycles. The van der Waals surface area contributed by atoms with E-state index in [1.165, 1.54) is 24.8 Å². The number of hydrogen-bond acceptors (Lipinski definition) is 2. The van der Waals surface area contributed by atoms with Gasteiger partial charge in [0.05, 0.1) is 12.8 Å². The average molecular weight is 292 g/mol. The Bertz CT molecular complexity index is 476. The van der Waals surface area contributed by atoms with Gasteiger partial charge in [0, 0.05) is 12.6 Å². The van der Waals surface area contributed by atoms with Gasteiger partial charge in [-0.05, 0) is 62.5 Å². The second-order valence-electron chi connectivity index (χ2n) is 5.39. The van der Waals surface area contributed by atoms with Gasteiger partial charge >= 0.3 is 0 Å². The second kappa shape index (κ2) is 6.93. The molecule has 1 aliphatic rings. The van der Waals surface area contributed by atoms with Crippen LogP contribution in [0.1, 0.15) is 38.2 Å². The van der Waals surface area contributed by atoms with Crippen LogP contribution in [0, 0.1) is 6.92 Å². The Morgan fingerprint density at radius 3 is 2.95 bits per heavy atom. The van der Waals surface area contributed by atoms with Crippen LogP contribution in [-0.2, 0) is 0 Å². The number of methoxy groups -OCH3 is 1. The molecule has 0 aliphatic carbocycles. The van der Waals surface area contributed by atoms with Crippen LogP contribution in [0.4, 0.5) is 5.69 Å². The topological polar surface area (TPSA) is 24.5 Å². The molecule has 1 aromatic carbocycles. The molecule has 0 saturated carbocycles. The molecule has 1 fully saturated rings. The summed E-state index contributed by atoms with van der Waals surface area (Å²) in [6, 6.07) is 6.67. The van der Waals surface area contributed by atoms with Gasteiger partial charge in [0.1, 0.15) is 5.75 Å². The Morgan fingerprint density at radius 1 is 1.45 bits per heavy atom. The van der Waals surface area contributed by atoms with Crippen molar-refractivity contribution in [1.82, 2.24) is 4.90 Å². The number of likely N-dealkylation sites (tertiary alicyclic amines) is 1. The van der Waals surface area contributed by atoms with Crippen molar-refractivity contribution in [3.63, 3.8) is 0 Å². The minimum atomic E-state index is 0.569. The Balaban J connectivity index is 2.12. The summed E-state index contributed by atoms with van der Waals surface area (Å²) in [4.78, 5) is 2.33. The lowest BCUT2D eigenvalue weighted by Gasteiger charge is -2.37. The second-order valence-corrected chi connectivity index (χ2v) is 5.77. The molecule has 1 aliphatic heterocycles. The highest BCUT2D eigenvalue weighted by Gasteiger charge is 2.23. The minimum Gasteiger partial charge on any atom is -0.495 e. The highest BCUT2D eigenvalue weighted by atomic mass is 32.1. The molecule has 1 saturated heterocycles. The number of nitrogens with one attached hydrogen (secondary N) is 1. The van der Waals surface area contributed by atoms with Gasteiger partial charge in [-0.2, -0.15) is 0 Å². The van der Waals surface area contributed by atoms with Gasteiger partial charge in [-0.1, -0.05) is 13.0 Å². The van der Waals surface area contributed by atoms with E-state index < -0.39 is 0 Å². The summed E-state index contributed by atoms with van der Waals surface area (Å²) in [6.45, 7) is 5.36. The molecule has 20 heavy (non-hydrogen) atoms. The van der Waals surface area contributed by atoms with Crippen molar-refractivity contribution >= 4 is 23.0 Å². The van der Waals surface area contributed by atoms with E-state index in [0.29, 0.717) is 6.04 Å². The van der Waals surface area contributed by atoms with Crippen molar-refractivity contribution in [2.75, 3.05) is 19.0 Å². The molecule has 1 heterocycles. The number of hydrogen-bond donors (Lipinski definition) is 1. The standard InChI is InChI=1S/C16H24N2OS/c1-4-13-7-5-6-10-18(13)16(20)17-14-11-12(2)8-9-15(14)19-3/h8-9,11,13H,4-7,10H2,1-3H3,(H,17,20). The summed E-state index contributed by atoms with van der Waals surface area (Å²) in [5.41, 5.74) is 2.15. The first kappa shape index (κ1) is 15.1. The van der Waals surface area contributed by atoms with Crippen LogP contribution in [0.25, 0.3) is 0 Å². The van der Waals surface area contributed by atoms with E-state index >= 15 is 0 Å². The van der Waals surface area contributed by atoms with Crippen molar-refractivity contribution in [1.29, 1.82) is 0 Å². The fraction of sp³-hybridized carbons (Fsp3) is 0.562. The van der Waals surface area contributed by atoms with Crippen LogP contribution in [0.5, 0.6) is 5.75 Å². The number of aryl methyl sites for hydroxylation is 1. The summed E-state index contributed by atoms with van der Waals surface area (Å²) in [7, 11) is 1.69. The van der Waals surface area contributed by atoms with E-state index in [1.807, 2.05) is 12.1 Å². The highest BCUT2D eigenvalue weighted by molar-refractivity contribution is 7.80. The van der Waals surface area contributed by atoms with Gasteiger partial charge < -0.3 is 15.0 Å². The molecule has 0 spiro atoms. The largest absolute Gasteiger partial charge is 0.495 e. The normalized spacial score (nSPS) is 18.8. The van der Waals surface area contributed by atoms with E-state index in [9.17, 15) is 0 Å². The molecule has 110 valence electrons. The number of nitrogens with zero attached hydrogens (tertiary/aromatic N) is 1. The average Bonchev–Trinajstić information content (AvgIpc) is 2.47. The van der Waals surface area contributed by atoms with Crippen LogP contribution < -0.4 is 10.1 Å². The first-order chi connectivity index (χ1) is 9.65. The van der Waals surface area contributed by atoms with Crippen molar-refractivity contribution in [3.8, 4) is 5.75 Å². The van der Waals surface area contributed by atoms with E-state index in [4.69, 9.17) is 17.0 Å². The Morgan fingerprint density at radius 2 is 2.25 bits per heavy atom. The van der Waals surface area contributed by atoms with Gasteiger partial charge in [-0.3, -0.25) is 0 Å². The minimum absolute atomic E-state index is 0.569. The monoisotopic (exact) mass is 292 g/mol. The van der Waals surface area contributed by atoms with E-state index in [1.54, 1.807) is 7.11 Å². The third-order valence-corrected chi connectivity index (χ3v) is 4.29. The van der Waals surface area contributed by atoms with Crippen LogP contribution in [0.3, 0.4) is 0 Å². The number of rotatable bonds is 3. The molecular formula is C16H24N2OS. The van der Waals surface area contributed by atoms with Crippen LogP contribution in [0.2, 0.25) is 0 Å². The Hall–Kier alpha value is -1.29. The first-order valence-electron chi connectivity index (χ1n) is 7.38. The van der Waals surface area contributed by atoms with Crippen molar-refractivity contribution < 1.29 is 4.74 Å². The maximum Gasteiger partial charge on any atom is 0.173 e. The SMILES string of the molecule is CCC1CCCCN1C(=S)Nc1cc(C)ccc1OC. The van der Waals surface area contributed by atoms with Gasteiger partial charge in [-0.25, -0.2) is 0 Å². The van der Waals surface area contributed by atoms with Gasteiger partial charge in [-0.15, -0.1) is 0 Å². The fourth-order valence-electron chi connectivity index (χ4n) is 2.80. The third-order valence-electron chi connectivity index (χ3n) is 3.96. The Labute approximate surface area is 127 Å². The maximum absolute atomic E-state index is 5.61. The summed E-state index contributed by atoms with van der Waals surface area (Å²) in [5.74, 6) is 0.836. The molecular weight excluding hydrogens is 268 g/mol. The van der Waals surface area contributed by atoms with Crippen molar-refractivity contribution in [3.05, 3.63) is 23.8 Å². The summed E-state index contributed by atoms with van der Waals surface area (Å²) in [5, 5.41) is 4.19. The quantitative estimate of drug-likeness (QED) is 0.852. The summed E-state index contributed by atoms with van der Waals surface area (Å²) in [6.07, 6.45) is 4.92. The van der Waals surface area contributed by atoms with E-state index in [0.717, 1.165) is 29.5 Å². The number of thiocarbonyl (C=S) groups is 1. The highest BCUT2D eigenvalue weighted by Crippen LogP contribution is 2.27. The smallest absolute Gasteiger partial charge is 0.173 e. The van der Waals surface area contributed by atoms with Crippen LogP contribution >= 0.6 is 12.2 Å².